The summed E-state index contributed by atoms with van der Waals surface area (Å²) in [4.78, 5) is 22.5. The number of nitrogens with zero attached hydrogens (tertiary/aromatic N) is 4. The molecule has 3 aromatic rings. The van der Waals surface area contributed by atoms with Crippen LogP contribution in [0.3, 0.4) is 0 Å². The van der Waals surface area contributed by atoms with Crippen molar-refractivity contribution in [2.45, 2.75) is 25.7 Å². The van der Waals surface area contributed by atoms with Gasteiger partial charge in [0.05, 0.1) is 17.2 Å². The Labute approximate surface area is 133 Å². The summed E-state index contributed by atoms with van der Waals surface area (Å²) < 4.78 is 0. The second kappa shape index (κ2) is 5.49. The van der Waals surface area contributed by atoms with Gasteiger partial charge in [0.15, 0.2) is 5.69 Å². The predicted molar refractivity (Wildman–Crippen MR) is 85.1 cm³/mol. The topological polar surface area (TPSA) is 90.6 Å². The number of fused-ring (bicyclic) bond motifs is 1. The number of hydrogen-bond acceptors (Lipinski definition) is 4. The highest BCUT2D eigenvalue weighted by molar-refractivity contribution is 5.92. The third-order valence-corrected chi connectivity index (χ3v) is 4.46. The summed E-state index contributed by atoms with van der Waals surface area (Å²) in [6.45, 7) is 3.47. The minimum Gasteiger partial charge on any atom is -0.342 e. The van der Waals surface area contributed by atoms with Gasteiger partial charge in [-0.05, 0) is 31.4 Å². The molecule has 1 atom stereocenters. The maximum Gasteiger partial charge on any atom is 0.276 e. The highest BCUT2D eigenvalue weighted by Crippen LogP contribution is 2.28. The van der Waals surface area contributed by atoms with E-state index in [1.54, 1.807) is 0 Å². The number of para-hydroxylation sites is 1. The Morgan fingerprint density at radius 2 is 2.30 bits per heavy atom. The molecule has 118 valence electrons. The summed E-state index contributed by atoms with van der Waals surface area (Å²) in [5, 5.41) is 10.1. The number of hydrogen-bond donors (Lipinski definition) is 2. The molecule has 1 aliphatic rings. The van der Waals surface area contributed by atoms with Gasteiger partial charge in [0.2, 0.25) is 0 Å². The number of amides is 1. The highest BCUT2D eigenvalue weighted by Gasteiger charge is 2.28. The Morgan fingerprint density at radius 3 is 3.09 bits per heavy atom. The minimum absolute atomic E-state index is 0.0734. The molecule has 23 heavy (non-hydrogen) atoms. The molecular formula is C16H18N6O. The van der Waals surface area contributed by atoms with Crippen LogP contribution in [-0.2, 0) is 0 Å². The largest absolute Gasteiger partial charge is 0.342 e. The van der Waals surface area contributed by atoms with Crippen molar-refractivity contribution in [2.24, 2.45) is 0 Å². The van der Waals surface area contributed by atoms with Crippen molar-refractivity contribution in [1.82, 2.24) is 30.3 Å². The zero-order valence-corrected chi connectivity index (χ0v) is 12.9. The van der Waals surface area contributed by atoms with E-state index in [2.05, 4.69) is 33.4 Å². The van der Waals surface area contributed by atoms with Crippen molar-refractivity contribution in [3.05, 3.63) is 41.5 Å². The fourth-order valence-electron chi connectivity index (χ4n) is 3.24. The average Bonchev–Trinajstić information content (AvgIpc) is 3.24. The van der Waals surface area contributed by atoms with E-state index in [1.165, 1.54) is 6.20 Å². The lowest BCUT2D eigenvalue weighted by molar-refractivity contribution is 0.0699. The van der Waals surface area contributed by atoms with Crippen LogP contribution in [0.5, 0.6) is 0 Å². The molecule has 0 bridgehead atoms. The molecule has 1 aromatic carbocycles. The van der Waals surface area contributed by atoms with Crippen molar-refractivity contribution >= 4 is 16.9 Å². The van der Waals surface area contributed by atoms with Crippen LogP contribution in [0.15, 0.2) is 24.4 Å². The smallest absolute Gasteiger partial charge is 0.276 e. The first-order chi connectivity index (χ1) is 11.2. The number of benzene rings is 1. The Balaban J connectivity index is 1.59. The molecule has 0 radical (unpaired) electrons. The van der Waals surface area contributed by atoms with Crippen LogP contribution in [0.2, 0.25) is 0 Å². The summed E-state index contributed by atoms with van der Waals surface area (Å²) >= 11 is 0. The summed E-state index contributed by atoms with van der Waals surface area (Å²) in [7, 11) is 0. The minimum atomic E-state index is -0.0734. The number of imidazole rings is 1. The van der Waals surface area contributed by atoms with Crippen LogP contribution in [-0.4, -0.2) is 49.3 Å². The molecule has 1 amide bonds. The van der Waals surface area contributed by atoms with Gasteiger partial charge in [0.1, 0.15) is 5.82 Å². The van der Waals surface area contributed by atoms with Gasteiger partial charge in [-0.15, -0.1) is 0 Å². The lowest BCUT2D eigenvalue weighted by Gasteiger charge is -2.31. The number of nitrogens with one attached hydrogen (secondary N) is 2. The van der Waals surface area contributed by atoms with E-state index in [0.717, 1.165) is 41.8 Å². The monoisotopic (exact) mass is 310 g/mol. The van der Waals surface area contributed by atoms with Gasteiger partial charge in [-0.25, -0.2) is 4.98 Å². The molecule has 2 N–H and O–H groups in total. The zero-order chi connectivity index (χ0) is 15.8. The Kier molecular flexibility index (Phi) is 3.33. The molecule has 0 aliphatic carbocycles. The summed E-state index contributed by atoms with van der Waals surface area (Å²) in [5.74, 6) is 1.12. The Morgan fingerprint density at radius 1 is 1.39 bits per heavy atom. The zero-order valence-electron chi connectivity index (χ0n) is 12.9. The average molecular weight is 310 g/mol. The van der Waals surface area contributed by atoms with Crippen LogP contribution in [0.4, 0.5) is 0 Å². The molecule has 0 spiro atoms. The molecule has 2 aromatic heterocycles. The predicted octanol–water partition coefficient (Wildman–Crippen LogP) is 2.01. The third-order valence-electron chi connectivity index (χ3n) is 4.46. The Hall–Kier alpha value is -2.70. The molecule has 7 nitrogen and oxygen atoms in total. The van der Waals surface area contributed by atoms with E-state index in [4.69, 9.17) is 4.98 Å². The van der Waals surface area contributed by atoms with E-state index in [-0.39, 0.29) is 11.8 Å². The van der Waals surface area contributed by atoms with E-state index in [0.29, 0.717) is 12.2 Å². The normalized spacial score (nSPS) is 18.5. The lowest BCUT2D eigenvalue weighted by atomic mass is 9.97. The Bertz CT molecular complexity index is 838. The van der Waals surface area contributed by atoms with Gasteiger partial charge >= 0.3 is 0 Å². The van der Waals surface area contributed by atoms with Gasteiger partial charge < -0.3 is 9.88 Å². The second-order valence-electron chi connectivity index (χ2n) is 6.04. The van der Waals surface area contributed by atoms with Gasteiger partial charge in [-0.3, -0.25) is 4.79 Å². The van der Waals surface area contributed by atoms with Crippen LogP contribution < -0.4 is 0 Å². The molecule has 0 saturated carbocycles. The quantitative estimate of drug-likeness (QED) is 0.757. The number of carbonyl (C=O) groups is 1. The molecule has 4 rings (SSSR count). The first-order valence-electron chi connectivity index (χ1n) is 7.82. The van der Waals surface area contributed by atoms with Crippen molar-refractivity contribution in [3.63, 3.8) is 0 Å². The summed E-state index contributed by atoms with van der Waals surface area (Å²) in [6.07, 6.45) is 3.46. The second-order valence-corrected chi connectivity index (χ2v) is 6.04. The number of H-pyrrole nitrogens is 2. The number of aryl methyl sites for hydroxylation is 1. The molecule has 1 unspecified atom stereocenters. The van der Waals surface area contributed by atoms with E-state index in [9.17, 15) is 4.79 Å². The fourth-order valence-corrected chi connectivity index (χ4v) is 3.24. The molecule has 1 saturated heterocycles. The van der Waals surface area contributed by atoms with Crippen molar-refractivity contribution in [1.29, 1.82) is 0 Å². The molecular weight excluding hydrogens is 292 g/mol. The standard InChI is InChI=1S/C16H18N6O/c1-10-4-2-6-12-14(10)19-15(18-12)11-5-3-7-22(9-11)16(23)13-8-17-21-20-13/h2,4,6,8,11H,3,5,7,9H2,1H3,(H,18,19)(H,17,20,21). The molecule has 7 heteroatoms. The third kappa shape index (κ3) is 2.48. The van der Waals surface area contributed by atoms with Crippen molar-refractivity contribution in [2.75, 3.05) is 13.1 Å². The van der Waals surface area contributed by atoms with Crippen LogP contribution in [0.1, 0.15) is 40.6 Å². The van der Waals surface area contributed by atoms with Crippen molar-refractivity contribution < 1.29 is 4.79 Å². The molecule has 3 heterocycles. The van der Waals surface area contributed by atoms with Gasteiger partial charge in [0.25, 0.3) is 5.91 Å². The maximum atomic E-state index is 12.4. The summed E-state index contributed by atoms with van der Waals surface area (Å²) in [6, 6.07) is 6.13. The highest BCUT2D eigenvalue weighted by atomic mass is 16.2. The molecule has 1 aliphatic heterocycles. The fraction of sp³-hybridized carbons (Fsp3) is 0.375. The first kappa shape index (κ1) is 13.9. The SMILES string of the molecule is Cc1cccc2[nH]c(C3CCCN(C(=O)c4cn[nH]n4)C3)nc12. The van der Waals surface area contributed by atoms with Gasteiger partial charge in [0, 0.05) is 19.0 Å². The van der Waals surface area contributed by atoms with Crippen molar-refractivity contribution in [3.8, 4) is 0 Å². The van der Waals surface area contributed by atoms with Crippen LogP contribution >= 0.6 is 0 Å². The number of likely N-dealkylation sites (tertiary alicyclic amines) is 1. The van der Waals surface area contributed by atoms with Crippen LogP contribution in [0, 0.1) is 6.92 Å². The first-order valence-corrected chi connectivity index (χ1v) is 7.82. The summed E-state index contributed by atoms with van der Waals surface area (Å²) in [5.41, 5.74) is 3.60. The number of rotatable bonds is 2. The number of aromatic amines is 2. The maximum absolute atomic E-state index is 12.4. The number of aromatic nitrogens is 5. The van der Waals surface area contributed by atoms with Gasteiger partial charge in [-0.1, -0.05) is 12.1 Å². The number of carbonyl (C=O) groups excluding carboxylic acids is 1. The number of piperidine rings is 1. The molecule has 1 fully saturated rings. The van der Waals surface area contributed by atoms with Gasteiger partial charge in [-0.2, -0.15) is 15.4 Å². The van der Waals surface area contributed by atoms with E-state index in [1.807, 2.05) is 17.0 Å². The van der Waals surface area contributed by atoms with E-state index < -0.39 is 0 Å². The van der Waals surface area contributed by atoms with E-state index >= 15 is 0 Å². The van der Waals surface area contributed by atoms with Crippen LogP contribution in [0.25, 0.3) is 11.0 Å². The lowest BCUT2D eigenvalue weighted by Crippen LogP contribution is -2.39.